The second-order valence-electron chi connectivity index (χ2n) is 9.25. The van der Waals surface area contributed by atoms with Crippen LogP contribution in [0.1, 0.15) is 23.6 Å². The molecule has 46 heavy (non-hydrogen) atoms. The normalized spacial score (nSPS) is 13.6. The van der Waals surface area contributed by atoms with Crippen molar-refractivity contribution in [2.45, 2.75) is 12.5 Å². The van der Waals surface area contributed by atoms with Crippen LogP contribution in [0.2, 0.25) is 25.1 Å². The Morgan fingerprint density at radius 2 is 1.39 bits per heavy atom. The van der Waals surface area contributed by atoms with Crippen molar-refractivity contribution in [3.05, 3.63) is 133 Å². The molecule has 0 saturated carbocycles. The minimum Gasteiger partial charge on any atom is -0.477 e. The average Bonchev–Trinajstić information content (AvgIpc) is 3.47. The summed E-state index contributed by atoms with van der Waals surface area (Å²) in [6, 6.07) is 26.1. The number of nitrogen functional groups attached to an aromatic ring is 1. The summed E-state index contributed by atoms with van der Waals surface area (Å²) in [5.74, 6) is 1.73. The number of rotatable bonds is 7. The number of carbonyl (C=O) groups excluding carboxylic acids is 1. The number of nitrogens with one attached hydrogen (secondary N) is 1. The standard InChI is InChI=1S/C16H11Cl3N2O2.C10H8O3.C6H6Cl2N2/c17-10-3-1-9(2-4-10)15-8-13(16(22)23)20-21(15)14-6-5-11(18)7-12(14)19;11-9(10(12)13)7-6-8-4-2-1-3-5-8;7-4-1-2-6(10-9)5(8)3-4/h1-7,15H,8H2,(H,22,23);1-7H,(H,12,13);1-3,10H,9H2/b;7-6+;. The molecule has 238 valence electrons. The van der Waals surface area contributed by atoms with Gasteiger partial charge in [-0.05, 0) is 65.7 Å². The fourth-order valence-electron chi connectivity index (χ4n) is 3.89. The summed E-state index contributed by atoms with van der Waals surface area (Å²) < 4.78 is 0. The Kier molecular flexibility index (Phi) is 13.9. The predicted octanol–water partition coefficient (Wildman–Crippen LogP) is 8.67. The highest BCUT2D eigenvalue weighted by Gasteiger charge is 2.33. The van der Waals surface area contributed by atoms with Crippen LogP contribution < -0.4 is 16.3 Å². The third kappa shape index (κ3) is 10.8. The molecule has 0 amide bonds. The highest BCUT2D eigenvalue weighted by molar-refractivity contribution is 6.39. The summed E-state index contributed by atoms with van der Waals surface area (Å²) in [6.07, 6.45) is 2.78. The third-order valence-corrected chi connectivity index (χ3v) is 7.43. The second kappa shape index (κ2) is 17.6. The van der Waals surface area contributed by atoms with E-state index in [0.29, 0.717) is 36.5 Å². The molecule has 1 aliphatic rings. The van der Waals surface area contributed by atoms with Crippen LogP contribution in [0.3, 0.4) is 0 Å². The van der Waals surface area contributed by atoms with Crippen molar-refractivity contribution >= 4 is 98.9 Å². The van der Waals surface area contributed by atoms with E-state index in [9.17, 15) is 19.5 Å². The van der Waals surface area contributed by atoms with Crippen molar-refractivity contribution < 1.29 is 24.6 Å². The maximum atomic E-state index is 11.3. The molecule has 0 fully saturated rings. The molecule has 1 unspecified atom stereocenters. The zero-order valence-electron chi connectivity index (χ0n) is 23.6. The first-order chi connectivity index (χ1) is 21.9. The Balaban J connectivity index is 0.000000211. The number of halogens is 5. The SMILES string of the molecule is NNc1ccc(Cl)cc1Cl.O=C(O)C(=O)/C=C/c1ccccc1.O=C(O)C1=NN(c2ccc(Cl)cc2Cl)C(c2ccc(Cl)cc2)C1. The highest BCUT2D eigenvalue weighted by Crippen LogP contribution is 2.39. The van der Waals surface area contributed by atoms with Crippen LogP contribution in [0, 0.1) is 0 Å². The largest absolute Gasteiger partial charge is 0.477 e. The maximum absolute atomic E-state index is 11.3. The molecule has 5 rings (SSSR count). The average molecular weight is 723 g/mol. The quantitative estimate of drug-likeness (QED) is 0.0642. The van der Waals surface area contributed by atoms with E-state index in [1.165, 1.54) is 6.08 Å². The number of hydrazone groups is 1. The van der Waals surface area contributed by atoms with Crippen molar-refractivity contribution in [3.63, 3.8) is 0 Å². The Labute approximate surface area is 289 Å². The van der Waals surface area contributed by atoms with Crippen molar-refractivity contribution in [1.82, 2.24) is 0 Å². The summed E-state index contributed by atoms with van der Waals surface area (Å²) in [7, 11) is 0. The first kappa shape index (κ1) is 36.4. The van der Waals surface area contributed by atoms with Crippen LogP contribution >= 0.6 is 58.0 Å². The maximum Gasteiger partial charge on any atom is 0.376 e. The van der Waals surface area contributed by atoms with Crippen molar-refractivity contribution in [3.8, 4) is 0 Å². The molecule has 14 heteroatoms. The van der Waals surface area contributed by atoms with Gasteiger partial charge in [-0.25, -0.2) is 9.59 Å². The molecular formula is C32H25Cl5N4O5. The number of benzene rings is 4. The summed E-state index contributed by atoms with van der Waals surface area (Å²) in [6.45, 7) is 0. The van der Waals surface area contributed by atoms with E-state index in [0.717, 1.165) is 17.2 Å². The highest BCUT2D eigenvalue weighted by atomic mass is 35.5. The van der Waals surface area contributed by atoms with E-state index in [1.807, 2.05) is 30.3 Å². The Morgan fingerprint density at radius 3 is 1.93 bits per heavy atom. The summed E-state index contributed by atoms with van der Waals surface area (Å²) in [4.78, 5) is 32.1. The van der Waals surface area contributed by atoms with Gasteiger partial charge in [0.15, 0.2) is 0 Å². The molecular weight excluding hydrogens is 698 g/mol. The molecule has 4 aromatic rings. The van der Waals surface area contributed by atoms with E-state index in [1.54, 1.807) is 65.7 Å². The fourth-order valence-corrected chi connectivity index (χ4v) is 4.97. The van der Waals surface area contributed by atoms with Gasteiger partial charge < -0.3 is 15.6 Å². The number of aliphatic carboxylic acids is 2. The number of hydrazine groups is 1. The molecule has 1 atom stereocenters. The van der Waals surface area contributed by atoms with Gasteiger partial charge in [-0.15, -0.1) is 0 Å². The molecule has 4 aromatic carbocycles. The van der Waals surface area contributed by atoms with Gasteiger partial charge in [0.05, 0.1) is 27.5 Å². The van der Waals surface area contributed by atoms with Gasteiger partial charge in [-0.3, -0.25) is 15.6 Å². The lowest BCUT2D eigenvalue weighted by Crippen LogP contribution is -2.19. The number of ketones is 1. The molecule has 0 aliphatic carbocycles. The van der Waals surface area contributed by atoms with E-state index < -0.39 is 17.7 Å². The van der Waals surface area contributed by atoms with Crippen molar-refractivity contribution in [1.29, 1.82) is 0 Å². The van der Waals surface area contributed by atoms with Crippen LogP contribution in [0.5, 0.6) is 0 Å². The van der Waals surface area contributed by atoms with Gasteiger partial charge in [0.2, 0.25) is 0 Å². The lowest BCUT2D eigenvalue weighted by molar-refractivity contribution is -0.146. The number of anilines is 2. The van der Waals surface area contributed by atoms with Crippen LogP contribution in [0.4, 0.5) is 11.4 Å². The molecule has 0 saturated heterocycles. The number of hydrogen-bond donors (Lipinski definition) is 4. The molecule has 0 bridgehead atoms. The number of carbonyl (C=O) groups is 3. The monoisotopic (exact) mass is 720 g/mol. The topological polar surface area (TPSA) is 145 Å². The van der Waals surface area contributed by atoms with Gasteiger partial charge in [0.1, 0.15) is 5.71 Å². The van der Waals surface area contributed by atoms with E-state index in [2.05, 4.69) is 10.5 Å². The minimum atomic E-state index is -1.44. The molecule has 0 spiro atoms. The Bertz CT molecular complexity index is 1750. The number of nitrogens with two attached hydrogens (primary N) is 1. The van der Waals surface area contributed by atoms with Crippen LogP contribution in [0.15, 0.2) is 102 Å². The van der Waals surface area contributed by atoms with Crippen molar-refractivity contribution in [2.75, 3.05) is 10.4 Å². The lowest BCUT2D eigenvalue weighted by Gasteiger charge is -2.25. The van der Waals surface area contributed by atoms with E-state index in [-0.39, 0.29) is 18.2 Å². The van der Waals surface area contributed by atoms with Gasteiger partial charge in [-0.1, -0.05) is 107 Å². The Hall–Kier alpha value is -4.09. The van der Waals surface area contributed by atoms with Crippen LogP contribution in [-0.2, 0) is 14.4 Å². The Morgan fingerprint density at radius 1 is 0.804 bits per heavy atom. The van der Waals surface area contributed by atoms with Gasteiger partial charge >= 0.3 is 11.9 Å². The number of nitrogens with zero attached hydrogens (tertiary/aromatic N) is 2. The van der Waals surface area contributed by atoms with Crippen molar-refractivity contribution in [2.24, 2.45) is 10.9 Å². The molecule has 0 aromatic heterocycles. The molecule has 0 radical (unpaired) electrons. The predicted molar refractivity (Wildman–Crippen MR) is 185 cm³/mol. The first-order valence-electron chi connectivity index (χ1n) is 13.1. The van der Waals surface area contributed by atoms with Gasteiger partial charge in [0.25, 0.3) is 5.78 Å². The zero-order valence-corrected chi connectivity index (χ0v) is 27.4. The fraction of sp³-hybridized carbons (Fsp3) is 0.0625. The van der Waals surface area contributed by atoms with E-state index >= 15 is 0 Å². The first-order valence-corrected chi connectivity index (χ1v) is 15.0. The number of hydrogen-bond acceptors (Lipinski definition) is 7. The molecule has 5 N–H and O–H groups in total. The van der Waals surface area contributed by atoms with Crippen LogP contribution in [0.25, 0.3) is 6.08 Å². The van der Waals surface area contributed by atoms with E-state index in [4.69, 9.17) is 69.0 Å². The third-order valence-electron chi connectivity index (χ3n) is 6.09. The zero-order chi connectivity index (χ0) is 33.8. The summed E-state index contributed by atoms with van der Waals surface area (Å²) in [5.41, 5.74) is 5.49. The molecule has 1 heterocycles. The summed E-state index contributed by atoms with van der Waals surface area (Å²) in [5, 5.41) is 26.0. The van der Waals surface area contributed by atoms with Gasteiger partial charge in [0, 0.05) is 21.5 Å². The van der Waals surface area contributed by atoms with Crippen LogP contribution in [-0.4, -0.2) is 33.6 Å². The number of carboxylic acids is 2. The second-order valence-corrected chi connectivity index (χ2v) is 11.4. The summed E-state index contributed by atoms with van der Waals surface area (Å²) >= 11 is 29.4. The molecule has 1 aliphatic heterocycles. The molecule has 9 nitrogen and oxygen atoms in total. The van der Waals surface area contributed by atoms with Gasteiger partial charge in [-0.2, -0.15) is 5.10 Å². The lowest BCUT2D eigenvalue weighted by atomic mass is 10.0. The smallest absolute Gasteiger partial charge is 0.376 e. The minimum absolute atomic E-state index is 0.0796. The number of carboxylic acid groups (broad SMARTS) is 2.